The monoisotopic (exact) mass is 239 g/mol. The molecule has 0 fully saturated rings. The Bertz CT molecular complexity index is 73.5. The topological polar surface area (TPSA) is 30.5 Å². The van der Waals surface area contributed by atoms with E-state index in [9.17, 15) is 0 Å². The summed E-state index contributed by atoms with van der Waals surface area (Å²) in [6.45, 7) is 4.12. The maximum Gasteiger partial charge on any atom is 0.0700 e. The summed E-state index contributed by atoms with van der Waals surface area (Å²) < 4.78 is 10.1. The molecule has 0 bridgehead atoms. The van der Waals surface area contributed by atoms with Gasteiger partial charge in [0.05, 0.1) is 19.8 Å². The maximum atomic E-state index is 5.26. The first-order chi connectivity index (χ1) is 5.91. The first-order valence-electron chi connectivity index (χ1n) is 4.25. The van der Waals surface area contributed by atoms with Crippen LogP contribution in [0.4, 0.5) is 0 Å². The molecule has 3 nitrogen and oxygen atoms in total. The second kappa shape index (κ2) is 11.4. The predicted molar refractivity (Wildman–Crippen MR) is 54.0 cm³/mol. The highest BCUT2D eigenvalue weighted by molar-refractivity contribution is 9.09. The van der Waals surface area contributed by atoms with Crippen molar-refractivity contribution in [2.24, 2.45) is 0 Å². The number of halogens is 1. The third-order valence-corrected chi connectivity index (χ3v) is 1.90. The molecule has 0 heterocycles. The Hall–Kier alpha value is 0.360. The summed E-state index contributed by atoms with van der Waals surface area (Å²) in [5.41, 5.74) is 0. The van der Waals surface area contributed by atoms with Crippen LogP contribution in [0.2, 0.25) is 0 Å². The highest BCUT2D eigenvalue weighted by Crippen LogP contribution is 1.83. The van der Waals surface area contributed by atoms with Crippen LogP contribution in [0.5, 0.6) is 0 Å². The third-order valence-electron chi connectivity index (χ3n) is 1.34. The number of ether oxygens (including phenoxy) is 2. The SMILES string of the molecule is COCCOCCNCCCBr. The van der Waals surface area contributed by atoms with Gasteiger partial charge in [-0.05, 0) is 13.0 Å². The van der Waals surface area contributed by atoms with Crippen molar-refractivity contribution in [3.05, 3.63) is 0 Å². The second-order valence-corrected chi connectivity index (χ2v) is 3.19. The molecule has 0 aliphatic heterocycles. The van der Waals surface area contributed by atoms with Crippen molar-refractivity contribution >= 4 is 15.9 Å². The molecule has 0 rings (SSSR count). The van der Waals surface area contributed by atoms with Crippen LogP contribution in [0.25, 0.3) is 0 Å². The van der Waals surface area contributed by atoms with E-state index in [-0.39, 0.29) is 0 Å². The molecule has 0 amide bonds. The van der Waals surface area contributed by atoms with Crippen molar-refractivity contribution in [3.8, 4) is 0 Å². The first-order valence-corrected chi connectivity index (χ1v) is 5.37. The van der Waals surface area contributed by atoms with Crippen molar-refractivity contribution in [3.63, 3.8) is 0 Å². The number of nitrogens with one attached hydrogen (secondary N) is 1. The Morgan fingerprint density at radius 3 is 2.67 bits per heavy atom. The van der Waals surface area contributed by atoms with Crippen molar-refractivity contribution < 1.29 is 9.47 Å². The van der Waals surface area contributed by atoms with E-state index in [0.29, 0.717) is 13.2 Å². The zero-order valence-electron chi connectivity index (χ0n) is 7.64. The number of hydrogen-bond acceptors (Lipinski definition) is 3. The smallest absolute Gasteiger partial charge is 0.0700 e. The highest BCUT2D eigenvalue weighted by Gasteiger charge is 1.88. The van der Waals surface area contributed by atoms with Gasteiger partial charge in [0.2, 0.25) is 0 Å². The fraction of sp³-hybridized carbons (Fsp3) is 1.00. The lowest BCUT2D eigenvalue weighted by Gasteiger charge is -2.04. The van der Waals surface area contributed by atoms with E-state index in [0.717, 1.165) is 31.4 Å². The fourth-order valence-electron chi connectivity index (χ4n) is 0.705. The first kappa shape index (κ1) is 12.4. The minimum Gasteiger partial charge on any atom is -0.382 e. The lowest BCUT2D eigenvalue weighted by molar-refractivity contribution is 0.0721. The normalized spacial score (nSPS) is 10.5. The van der Waals surface area contributed by atoms with Gasteiger partial charge in [-0.3, -0.25) is 0 Å². The van der Waals surface area contributed by atoms with E-state index in [1.165, 1.54) is 0 Å². The zero-order valence-corrected chi connectivity index (χ0v) is 9.23. The molecule has 74 valence electrons. The molecule has 0 aromatic heterocycles. The van der Waals surface area contributed by atoms with E-state index < -0.39 is 0 Å². The van der Waals surface area contributed by atoms with E-state index in [1.54, 1.807) is 7.11 Å². The van der Waals surface area contributed by atoms with Gasteiger partial charge in [-0.15, -0.1) is 0 Å². The summed E-state index contributed by atoms with van der Waals surface area (Å²) in [4.78, 5) is 0. The summed E-state index contributed by atoms with van der Waals surface area (Å²) >= 11 is 3.36. The predicted octanol–water partition coefficient (Wildman–Crippen LogP) is 1.02. The molecule has 0 aromatic carbocycles. The van der Waals surface area contributed by atoms with E-state index in [2.05, 4.69) is 21.2 Å². The molecule has 0 atom stereocenters. The minimum absolute atomic E-state index is 0.682. The summed E-state index contributed by atoms with van der Waals surface area (Å²) in [6.07, 6.45) is 1.16. The zero-order chi connectivity index (χ0) is 9.07. The summed E-state index contributed by atoms with van der Waals surface area (Å²) in [7, 11) is 1.68. The third kappa shape index (κ3) is 10.4. The number of hydrogen-bond donors (Lipinski definition) is 1. The fourth-order valence-corrected chi connectivity index (χ4v) is 0.986. The lowest BCUT2D eigenvalue weighted by Crippen LogP contribution is -2.21. The van der Waals surface area contributed by atoms with Crippen LogP contribution in [0.15, 0.2) is 0 Å². The van der Waals surface area contributed by atoms with Gasteiger partial charge in [-0.25, -0.2) is 0 Å². The molecule has 0 aromatic rings. The molecule has 12 heavy (non-hydrogen) atoms. The standard InChI is InChI=1S/C8H18BrNO2/c1-11-7-8-12-6-5-10-4-2-3-9/h10H,2-8H2,1H3. The Kier molecular flexibility index (Phi) is 11.7. The van der Waals surface area contributed by atoms with Crippen molar-refractivity contribution in [1.29, 1.82) is 0 Å². The van der Waals surface area contributed by atoms with Gasteiger partial charge >= 0.3 is 0 Å². The van der Waals surface area contributed by atoms with Crippen LogP contribution in [0, 0.1) is 0 Å². The van der Waals surface area contributed by atoms with Crippen LogP contribution in [0.1, 0.15) is 6.42 Å². The number of rotatable bonds is 9. The van der Waals surface area contributed by atoms with Crippen LogP contribution >= 0.6 is 15.9 Å². The van der Waals surface area contributed by atoms with Gasteiger partial charge in [0.1, 0.15) is 0 Å². The Labute approximate surface area is 82.9 Å². The quantitative estimate of drug-likeness (QED) is 0.482. The van der Waals surface area contributed by atoms with Gasteiger partial charge in [0, 0.05) is 19.0 Å². The van der Waals surface area contributed by atoms with Crippen molar-refractivity contribution in [1.82, 2.24) is 5.32 Å². The van der Waals surface area contributed by atoms with E-state index in [4.69, 9.17) is 9.47 Å². The van der Waals surface area contributed by atoms with Crippen molar-refractivity contribution in [2.75, 3.05) is 45.4 Å². The molecular weight excluding hydrogens is 222 g/mol. The molecule has 0 unspecified atom stereocenters. The Morgan fingerprint density at radius 1 is 1.17 bits per heavy atom. The summed E-state index contributed by atoms with van der Waals surface area (Å²) in [5, 5.41) is 4.33. The molecule has 0 radical (unpaired) electrons. The maximum absolute atomic E-state index is 5.26. The van der Waals surface area contributed by atoms with Gasteiger partial charge in [0.25, 0.3) is 0 Å². The van der Waals surface area contributed by atoms with Crippen molar-refractivity contribution in [2.45, 2.75) is 6.42 Å². The molecule has 0 saturated heterocycles. The molecule has 0 aliphatic rings. The molecule has 4 heteroatoms. The summed E-state index contributed by atoms with van der Waals surface area (Å²) in [6, 6.07) is 0. The molecule has 0 aliphatic carbocycles. The summed E-state index contributed by atoms with van der Waals surface area (Å²) in [5.74, 6) is 0. The minimum atomic E-state index is 0.682. The largest absolute Gasteiger partial charge is 0.382 e. The number of methoxy groups -OCH3 is 1. The van der Waals surface area contributed by atoms with Gasteiger partial charge < -0.3 is 14.8 Å². The van der Waals surface area contributed by atoms with Crippen LogP contribution in [-0.2, 0) is 9.47 Å². The van der Waals surface area contributed by atoms with E-state index >= 15 is 0 Å². The Morgan fingerprint density at radius 2 is 2.00 bits per heavy atom. The van der Waals surface area contributed by atoms with E-state index in [1.807, 2.05) is 0 Å². The average molecular weight is 240 g/mol. The van der Waals surface area contributed by atoms with Gasteiger partial charge in [-0.1, -0.05) is 15.9 Å². The van der Waals surface area contributed by atoms with Crippen LogP contribution in [0.3, 0.4) is 0 Å². The average Bonchev–Trinajstić information content (AvgIpc) is 2.10. The van der Waals surface area contributed by atoms with Crippen LogP contribution in [-0.4, -0.2) is 45.4 Å². The molecule has 1 N–H and O–H groups in total. The van der Waals surface area contributed by atoms with Gasteiger partial charge in [0.15, 0.2) is 0 Å². The number of alkyl halides is 1. The molecule has 0 spiro atoms. The highest BCUT2D eigenvalue weighted by atomic mass is 79.9. The van der Waals surface area contributed by atoms with Crippen LogP contribution < -0.4 is 5.32 Å². The second-order valence-electron chi connectivity index (χ2n) is 2.40. The molecular formula is C8H18BrNO2. The van der Waals surface area contributed by atoms with Gasteiger partial charge in [-0.2, -0.15) is 0 Å². The molecule has 0 saturated carbocycles. The Balaban J connectivity index is 2.73. The lowest BCUT2D eigenvalue weighted by atomic mass is 10.5.